The summed E-state index contributed by atoms with van der Waals surface area (Å²) in [7, 11) is 0. The number of nitrogens with two attached hydrogens (primary N) is 1. The van der Waals surface area contributed by atoms with Gasteiger partial charge in [-0.25, -0.2) is 9.98 Å². The van der Waals surface area contributed by atoms with Crippen molar-refractivity contribution < 1.29 is 9.21 Å². The molecule has 2 aromatic heterocycles. The average molecular weight is 435 g/mol. The summed E-state index contributed by atoms with van der Waals surface area (Å²) in [5, 5.41) is 6.23. The molecule has 1 saturated carbocycles. The lowest BCUT2D eigenvalue weighted by atomic mass is 9.95. The highest BCUT2D eigenvalue weighted by Crippen LogP contribution is 2.23. The van der Waals surface area contributed by atoms with Gasteiger partial charge in [0.05, 0.1) is 17.6 Å². The van der Waals surface area contributed by atoms with E-state index in [9.17, 15) is 9.59 Å². The number of amides is 1. The summed E-state index contributed by atoms with van der Waals surface area (Å²) in [6.07, 6.45) is 9.93. The maximum Gasteiger partial charge on any atom is 0.288 e. The summed E-state index contributed by atoms with van der Waals surface area (Å²) in [5.74, 6) is -0.0807. The predicted octanol–water partition coefficient (Wildman–Crippen LogP) is 3.07. The first-order valence-corrected chi connectivity index (χ1v) is 10.7. The minimum Gasteiger partial charge on any atom is -0.438 e. The summed E-state index contributed by atoms with van der Waals surface area (Å²) >= 11 is 0. The normalized spacial score (nSPS) is 14.8. The van der Waals surface area contributed by atoms with E-state index in [1.165, 1.54) is 31.9 Å². The third kappa shape index (κ3) is 5.23. The first-order chi connectivity index (χ1) is 15.6. The molecular formula is C23H26N6O3. The maximum absolute atomic E-state index is 12.6. The van der Waals surface area contributed by atoms with Gasteiger partial charge in [-0.05, 0) is 36.6 Å². The van der Waals surface area contributed by atoms with Crippen LogP contribution in [0.1, 0.15) is 53.8 Å². The smallest absolute Gasteiger partial charge is 0.288 e. The van der Waals surface area contributed by atoms with Crippen LogP contribution in [0.4, 0.5) is 11.4 Å². The second kappa shape index (κ2) is 9.95. The van der Waals surface area contributed by atoms with Crippen molar-refractivity contribution in [1.82, 2.24) is 15.3 Å². The number of aliphatic imine (C=N–C) groups is 1. The third-order valence-corrected chi connectivity index (χ3v) is 5.45. The summed E-state index contributed by atoms with van der Waals surface area (Å²) in [6.45, 7) is 0.281. The number of H-pyrrole nitrogens is 1. The molecule has 1 aliphatic rings. The molecule has 1 amide bonds. The first kappa shape index (κ1) is 21.4. The van der Waals surface area contributed by atoms with Crippen LogP contribution >= 0.6 is 0 Å². The molecule has 166 valence electrons. The number of oxazole rings is 1. The molecule has 0 bridgehead atoms. The van der Waals surface area contributed by atoms with E-state index >= 15 is 0 Å². The van der Waals surface area contributed by atoms with Gasteiger partial charge in [0.1, 0.15) is 11.4 Å². The van der Waals surface area contributed by atoms with Crippen LogP contribution in [0.25, 0.3) is 0 Å². The van der Waals surface area contributed by atoms with Crippen molar-refractivity contribution in [3.05, 3.63) is 76.4 Å². The summed E-state index contributed by atoms with van der Waals surface area (Å²) in [5.41, 5.74) is 8.42. The van der Waals surface area contributed by atoms with Crippen molar-refractivity contribution in [3.8, 4) is 0 Å². The molecule has 0 aliphatic heterocycles. The Morgan fingerprint density at radius 2 is 2.09 bits per heavy atom. The molecular weight excluding hydrogens is 408 g/mol. The van der Waals surface area contributed by atoms with Crippen LogP contribution in [-0.4, -0.2) is 27.8 Å². The van der Waals surface area contributed by atoms with Gasteiger partial charge in [-0.1, -0.05) is 31.4 Å². The largest absolute Gasteiger partial charge is 0.438 e. The zero-order valence-electron chi connectivity index (χ0n) is 17.6. The van der Waals surface area contributed by atoms with Gasteiger partial charge in [-0.3, -0.25) is 9.59 Å². The molecule has 1 aromatic carbocycles. The van der Waals surface area contributed by atoms with Gasteiger partial charge < -0.3 is 25.8 Å². The standard InChI is InChI=1S/C23H26N6O3/c24-21(20-18(9-10-26-23(20)31)28-16-6-2-1-3-7-16)29-17-8-4-5-15(11-17)12-27-22(30)19-13-25-14-32-19/h4-5,8-11,13-14,16H,1-3,6-7,12H2,(H2,24,29)(H,27,30)(H2,26,28,31). The quantitative estimate of drug-likeness (QED) is 0.333. The first-order valence-electron chi connectivity index (χ1n) is 10.7. The lowest BCUT2D eigenvalue weighted by Crippen LogP contribution is -2.29. The van der Waals surface area contributed by atoms with Crippen LogP contribution in [0.3, 0.4) is 0 Å². The van der Waals surface area contributed by atoms with Crippen molar-refractivity contribution in [1.29, 1.82) is 0 Å². The van der Waals surface area contributed by atoms with E-state index in [2.05, 4.69) is 25.6 Å². The van der Waals surface area contributed by atoms with Crippen LogP contribution in [0.2, 0.25) is 0 Å². The van der Waals surface area contributed by atoms with Crippen LogP contribution in [0.5, 0.6) is 0 Å². The summed E-state index contributed by atoms with van der Waals surface area (Å²) < 4.78 is 4.99. The Bertz CT molecular complexity index is 1150. The topological polar surface area (TPSA) is 138 Å². The molecule has 0 saturated heterocycles. The van der Waals surface area contributed by atoms with E-state index in [1.54, 1.807) is 18.3 Å². The van der Waals surface area contributed by atoms with Gasteiger partial charge in [-0.2, -0.15) is 0 Å². The van der Waals surface area contributed by atoms with Crippen LogP contribution < -0.4 is 21.9 Å². The lowest BCUT2D eigenvalue weighted by Gasteiger charge is -2.24. The highest BCUT2D eigenvalue weighted by molar-refractivity contribution is 6.03. The van der Waals surface area contributed by atoms with E-state index in [0.717, 1.165) is 18.4 Å². The lowest BCUT2D eigenvalue weighted by molar-refractivity contribution is 0.0923. The number of carbonyl (C=O) groups is 1. The van der Waals surface area contributed by atoms with Gasteiger partial charge in [0, 0.05) is 18.8 Å². The van der Waals surface area contributed by atoms with Crippen molar-refractivity contribution in [2.45, 2.75) is 44.7 Å². The number of nitrogens with zero attached hydrogens (tertiary/aromatic N) is 2. The molecule has 0 radical (unpaired) electrons. The zero-order valence-corrected chi connectivity index (χ0v) is 17.6. The second-order valence-electron chi connectivity index (χ2n) is 7.79. The SMILES string of the molecule is NC(=Nc1cccc(CNC(=O)c2cnco2)c1)c1c(NC2CCCCC2)cc[nH]c1=O. The van der Waals surface area contributed by atoms with E-state index in [4.69, 9.17) is 10.2 Å². The number of pyridine rings is 1. The molecule has 9 heteroatoms. The number of benzene rings is 1. The van der Waals surface area contributed by atoms with Gasteiger partial charge >= 0.3 is 0 Å². The number of rotatable bonds is 7. The van der Waals surface area contributed by atoms with Gasteiger partial charge in [0.15, 0.2) is 6.39 Å². The summed E-state index contributed by atoms with van der Waals surface area (Å²) in [6, 6.07) is 9.43. The van der Waals surface area contributed by atoms with E-state index < -0.39 is 0 Å². The highest BCUT2D eigenvalue weighted by atomic mass is 16.3. The molecule has 1 fully saturated rings. The maximum atomic E-state index is 12.6. The molecule has 4 rings (SSSR count). The second-order valence-corrected chi connectivity index (χ2v) is 7.79. The molecule has 2 heterocycles. The van der Waals surface area contributed by atoms with Crippen molar-refractivity contribution in [3.63, 3.8) is 0 Å². The number of aromatic nitrogens is 2. The van der Waals surface area contributed by atoms with Gasteiger partial charge in [0.25, 0.3) is 11.5 Å². The Hall–Kier alpha value is -3.88. The minimum atomic E-state index is -0.356. The molecule has 0 atom stereocenters. The monoisotopic (exact) mass is 434 g/mol. The number of carbonyl (C=O) groups excluding carboxylic acids is 1. The fourth-order valence-electron chi connectivity index (χ4n) is 3.85. The van der Waals surface area contributed by atoms with Gasteiger partial charge in [-0.15, -0.1) is 0 Å². The zero-order chi connectivity index (χ0) is 22.3. The molecule has 9 nitrogen and oxygen atoms in total. The highest BCUT2D eigenvalue weighted by Gasteiger charge is 2.17. The Kier molecular flexibility index (Phi) is 6.64. The number of amidine groups is 1. The molecule has 3 aromatic rings. The van der Waals surface area contributed by atoms with Crippen LogP contribution in [-0.2, 0) is 6.54 Å². The van der Waals surface area contributed by atoms with Gasteiger partial charge in [0.2, 0.25) is 5.76 Å². The minimum absolute atomic E-state index is 0.132. The molecule has 0 spiro atoms. The van der Waals surface area contributed by atoms with Crippen LogP contribution in [0.15, 0.2) is 63.3 Å². The number of hydrogen-bond donors (Lipinski definition) is 4. The Morgan fingerprint density at radius 1 is 1.25 bits per heavy atom. The molecule has 1 aliphatic carbocycles. The summed E-state index contributed by atoms with van der Waals surface area (Å²) in [4.78, 5) is 35.5. The Labute approximate surface area is 185 Å². The van der Waals surface area contributed by atoms with Crippen LogP contribution in [0, 0.1) is 0 Å². The Balaban J connectivity index is 1.51. The predicted molar refractivity (Wildman–Crippen MR) is 122 cm³/mol. The van der Waals surface area contributed by atoms with Crippen molar-refractivity contribution in [2.75, 3.05) is 5.32 Å². The molecule has 5 N–H and O–H groups in total. The fourth-order valence-corrected chi connectivity index (χ4v) is 3.85. The third-order valence-electron chi connectivity index (χ3n) is 5.45. The number of nitrogens with one attached hydrogen (secondary N) is 3. The fraction of sp³-hybridized carbons (Fsp3) is 0.304. The van der Waals surface area contributed by atoms with Crippen molar-refractivity contribution in [2.24, 2.45) is 10.7 Å². The number of aromatic amines is 1. The van der Waals surface area contributed by atoms with E-state index in [0.29, 0.717) is 23.0 Å². The number of anilines is 1. The van der Waals surface area contributed by atoms with Crippen molar-refractivity contribution >= 4 is 23.1 Å². The van der Waals surface area contributed by atoms with E-state index in [-0.39, 0.29) is 29.6 Å². The Morgan fingerprint density at radius 3 is 2.88 bits per heavy atom. The average Bonchev–Trinajstić information content (AvgIpc) is 3.34. The van der Waals surface area contributed by atoms with E-state index in [1.807, 2.05) is 18.2 Å². The molecule has 32 heavy (non-hydrogen) atoms. The number of hydrogen-bond acceptors (Lipinski definition) is 6. The molecule has 0 unspecified atom stereocenters.